The highest BCUT2D eigenvalue weighted by Crippen LogP contribution is 2.27. The lowest BCUT2D eigenvalue weighted by Crippen LogP contribution is -2.41. The van der Waals surface area contributed by atoms with E-state index >= 15 is 0 Å². The Bertz CT molecular complexity index is 1340. The summed E-state index contributed by atoms with van der Waals surface area (Å²) in [5, 5.41) is 14.1. The Morgan fingerprint density at radius 3 is 2.08 bits per heavy atom. The minimum absolute atomic E-state index is 0.0990. The third kappa shape index (κ3) is 7.48. The topological polar surface area (TPSA) is 107 Å². The van der Waals surface area contributed by atoms with Gasteiger partial charge in [0.15, 0.2) is 11.6 Å². The summed E-state index contributed by atoms with van der Waals surface area (Å²) in [5.74, 6) is -6.15. The summed E-state index contributed by atoms with van der Waals surface area (Å²) in [4.78, 5) is 32.4. The highest BCUT2D eigenvalue weighted by Gasteiger charge is 2.38. The van der Waals surface area contributed by atoms with E-state index in [1.165, 1.54) is 0 Å². The smallest absolute Gasteiger partial charge is 0.475 e. The Morgan fingerprint density at radius 2 is 1.49 bits per heavy atom. The number of benzene rings is 2. The second-order valence-corrected chi connectivity index (χ2v) is 8.97. The van der Waals surface area contributed by atoms with Gasteiger partial charge in [-0.1, -0.05) is 12.1 Å². The monoisotopic (exact) mass is 557 g/mol. The molecule has 0 atom stereocenters. The van der Waals surface area contributed by atoms with Crippen molar-refractivity contribution in [2.75, 3.05) is 24.3 Å². The van der Waals surface area contributed by atoms with Crippen molar-refractivity contribution in [1.82, 2.24) is 15.3 Å². The zero-order chi connectivity index (χ0) is 28.9. The zero-order valence-corrected chi connectivity index (χ0v) is 20.8. The molecule has 1 saturated carbocycles. The van der Waals surface area contributed by atoms with Gasteiger partial charge in [0.25, 0.3) is 5.91 Å². The number of hydrogen-bond donors (Lipinski definition) is 3. The van der Waals surface area contributed by atoms with Crippen LogP contribution in [0.25, 0.3) is 10.9 Å². The third-order valence-electron chi connectivity index (χ3n) is 5.92. The first-order chi connectivity index (χ1) is 18.3. The van der Waals surface area contributed by atoms with E-state index in [0.29, 0.717) is 37.7 Å². The Kier molecular flexibility index (Phi) is 9.20. The number of carboxylic acids is 1. The number of aliphatic carboxylic acids is 1. The molecular formula is C25H25F6N5O3. The first-order valence-electron chi connectivity index (χ1n) is 11.7. The van der Waals surface area contributed by atoms with Crippen LogP contribution in [0.15, 0.2) is 36.4 Å². The lowest BCUT2D eigenvalue weighted by molar-refractivity contribution is -0.192. The van der Waals surface area contributed by atoms with E-state index in [4.69, 9.17) is 9.90 Å². The van der Waals surface area contributed by atoms with Gasteiger partial charge in [-0.2, -0.15) is 18.2 Å². The number of halogens is 6. The fourth-order valence-electron chi connectivity index (χ4n) is 4.02. The van der Waals surface area contributed by atoms with Crippen molar-refractivity contribution in [2.45, 2.75) is 43.9 Å². The van der Waals surface area contributed by atoms with E-state index in [-0.39, 0.29) is 12.1 Å². The number of carboxylic acid groups (broad SMARTS) is 1. The molecular weight excluding hydrogens is 532 g/mol. The molecule has 8 nitrogen and oxygen atoms in total. The number of nitrogens with zero attached hydrogens (tertiary/aromatic N) is 3. The van der Waals surface area contributed by atoms with Gasteiger partial charge in [0.1, 0.15) is 17.2 Å². The summed E-state index contributed by atoms with van der Waals surface area (Å²) in [6.45, 7) is 0. The summed E-state index contributed by atoms with van der Waals surface area (Å²) >= 11 is 0. The van der Waals surface area contributed by atoms with Gasteiger partial charge in [-0.05, 0) is 49.9 Å². The number of fused-ring (bicyclic) bond motifs is 1. The van der Waals surface area contributed by atoms with Crippen molar-refractivity contribution in [2.24, 2.45) is 0 Å². The van der Waals surface area contributed by atoms with Crippen LogP contribution < -0.4 is 15.5 Å². The summed E-state index contributed by atoms with van der Waals surface area (Å²) < 4.78 is 72.8. The molecule has 14 heteroatoms. The Labute approximate surface area is 219 Å². The molecule has 0 saturated heterocycles. The first-order valence-corrected chi connectivity index (χ1v) is 11.7. The molecule has 210 valence electrons. The van der Waals surface area contributed by atoms with Gasteiger partial charge in [0.05, 0.1) is 5.52 Å². The van der Waals surface area contributed by atoms with Gasteiger partial charge in [0, 0.05) is 31.6 Å². The van der Waals surface area contributed by atoms with Crippen LogP contribution in [0.4, 0.5) is 38.1 Å². The lowest BCUT2D eigenvalue weighted by Gasteiger charge is -2.30. The molecule has 1 aliphatic rings. The van der Waals surface area contributed by atoms with Gasteiger partial charge in [0.2, 0.25) is 5.95 Å². The van der Waals surface area contributed by atoms with Crippen molar-refractivity contribution in [3.05, 3.63) is 59.4 Å². The maximum Gasteiger partial charge on any atom is 0.490 e. The molecule has 3 N–H and O–H groups in total. The Hall–Kier alpha value is -4.10. The average Bonchev–Trinajstić information content (AvgIpc) is 2.87. The van der Waals surface area contributed by atoms with Crippen molar-refractivity contribution < 1.29 is 41.0 Å². The lowest BCUT2D eigenvalue weighted by atomic mass is 9.91. The van der Waals surface area contributed by atoms with Crippen molar-refractivity contribution in [3.8, 4) is 0 Å². The molecule has 0 aliphatic heterocycles. The zero-order valence-electron chi connectivity index (χ0n) is 20.8. The molecule has 1 aromatic heterocycles. The molecule has 0 radical (unpaired) electrons. The number of carbonyl (C=O) groups is 2. The third-order valence-corrected chi connectivity index (χ3v) is 5.92. The Morgan fingerprint density at radius 1 is 0.923 bits per heavy atom. The highest BCUT2D eigenvalue weighted by atomic mass is 19.4. The van der Waals surface area contributed by atoms with E-state index in [1.54, 1.807) is 0 Å². The predicted molar refractivity (Wildman–Crippen MR) is 131 cm³/mol. The number of alkyl halides is 3. The first kappa shape index (κ1) is 29.5. The normalized spacial score (nSPS) is 17.1. The number of aromatic nitrogens is 2. The van der Waals surface area contributed by atoms with Crippen LogP contribution in [0, 0.1) is 17.5 Å². The molecule has 0 unspecified atom stereocenters. The van der Waals surface area contributed by atoms with Crippen LogP contribution in [0.5, 0.6) is 0 Å². The summed E-state index contributed by atoms with van der Waals surface area (Å²) in [5.41, 5.74) is -0.0418. The van der Waals surface area contributed by atoms with Crippen molar-refractivity contribution in [1.29, 1.82) is 0 Å². The van der Waals surface area contributed by atoms with Gasteiger partial charge < -0.3 is 20.6 Å². The number of hydrogen-bond acceptors (Lipinski definition) is 6. The summed E-state index contributed by atoms with van der Waals surface area (Å²) in [7, 11) is 3.85. The van der Waals surface area contributed by atoms with Gasteiger partial charge in [-0.25, -0.2) is 22.9 Å². The van der Waals surface area contributed by atoms with Crippen LogP contribution in [0.3, 0.4) is 0 Å². The van der Waals surface area contributed by atoms with Crippen LogP contribution >= 0.6 is 0 Å². The van der Waals surface area contributed by atoms with E-state index < -0.39 is 41.1 Å². The van der Waals surface area contributed by atoms with E-state index in [1.807, 2.05) is 43.3 Å². The fraction of sp³-hybridized carbons (Fsp3) is 0.360. The molecule has 1 heterocycles. The standard InChI is InChI=1S/C23H24F3N5O.C2HF3O2/c1-31(2)21-15-5-3-4-6-18(15)29-23(30-21)28-14-9-7-13(8-10-14)27-22(32)19-16(24)11-12-17(25)20(19)26;3-2(4,5)1(6)7/h3-6,11-14H,7-10H2,1-2H3,(H,27,32)(H,28,29,30);(H,6,7). The quantitative estimate of drug-likeness (QED) is 0.303. The van der Waals surface area contributed by atoms with Crippen LogP contribution in [-0.4, -0.2) is 59.3 Å². The predicted octanol–water partition coefficient (Wildman–Crippen LogP) is 4.90. The molecule has 0 bridgehead atoms. The molecule has 4 rings (SSSR count). The van der Waals surface area contributed by atoms with E-state index in [2.05, 4.69) is 20.6 Å². The van der Waals surface area contributed by atoms with Gasteiger partial charge >= 0.3 is 12.1 Å². The Balaban J connectivity index is 0.000000532. The molecule has 2 aromatic carbocycles. The number of nitrogens with one attached hydrogen (secondary N) is 2. The minimum atomic E-state index is -5.08. The summed E-state index contributed by atoms with van der Waals surface area (Å²) in [6, 6.07) is 9.05. The van der Waals surface area contributed by atoms with Gasteiger partial charge in [-0.3, -0.25) is 4.79 Å². The van der Waals surface area contributed by atoms with Crippen LogP contribution in [0.2, 0.25) is 0 Å². The SMILES string of the molecule is CN(C)c1nc(NC2CCC(NC(=O)c3c(F)ccc(F)c3F)CC2)nc2ccccc12.O=C(O)C(F)(F)F. The molecule has 1 amide bonds. The molecule has 1 aliphatic carbocycles. The van der Waals surface area contributed by atoms with Gasteiger partial charge in [-0.15, -0.1) is 0 Å². The second-order valence-electron chi connectivity index (χ2n) is 8.97. The minimum Gasteiger partial charge on any atom is -0.475 e. The molecule has 1 fully saturated rings. The number of carbonyl (C=O) groups excluding carboxylic acids is 1. The number of para-hydroxylation sites is 1. The largest absolute Gasteiger partial charge is 0.490 e. The average molecular weight is 557 g/mol. The molecule has 39 heavy (non-hydrogen) atoms. The molecule has 3 aromatic rings. The fourth-order valence-corrected chi connectivity index (χ4v) is 4.02. The van der Waals surface area contributed by atoms with E-state index in [0.717, 1.165) is 22.8 Å². The number of anilines is 2. The highest BCUT2D eigenvalue weighted by molar-refractivity contribution is 5.95. The van der Waals surface area contributed by atoms with Crippen molar-refractivity contribution >= 4 is 34.5 Å². The number of amides is 1. The van der Waals surface area contributed by atoms with E-state index in [9.17, 15) is 31.1 Å². The number of rotatable bonds is 5. The maximum absolute atomic E-state index is 13.9. The summed E-state index contributed by atoms with van der Waals surface area (Å²) in [6.07, 6.45) is -2.44. The second kappa shape index (κ2) is 12.2. The van der Waals surface area contributed by atoms with Crippen LogP contribution in [-0.2, 0) is 4.79 Å². The maximum atomic E-state index is 13.9. The van der Waals surface area contributed by atoms with Crippen LogP contribution in [0.1, 0.15) is 36.0 Å². The van der Waals surface area contributed by atoms with Crippen molar-refractivity contribution in [3.63, 3.8) is 0 Å². The molecule has 0 spiro atoms.